The summed E-state index contributed by atoms with van der Waals surface area (Å²) < 4.78 is 4.75. The van der Waals surface area contributed by atoms with Crippen molar-refractivity contribution < 1.29 is 9.90 Å². The van der Waals surface area contributed by atoms with Crippen molar-refractivity contribution in [2.75, 3.05) is 20.7 Å². The molecule has 0 spiro atoms. The van der Waals surface area contributed by atoms with Crippen LogP contribution in [0.15, 0.2) is 42.5 Å². The van der Waals surface area contributed by atoms with E-state index < -0.39 is 0 Å². The first kappa shape index (κ1) is 19.1. The van der Waals surface area contributed by atoms with Gasteiger partial charge in [-0.15, -0.1) is 0 Å². The fraction of sp³-hybridized carbons (Fsp3) is 0.296. The van der Waals surface area contributed by atoms with Crippen LogP contribution in [-0.2, 0) is 26.2 Å². The molecule has 1 amide bonds. The van der Waals surface area contributed by atoms with Crippen molar-refractivity contribution in [1.29, 1.82) is 0 Å². The van der Waals surface area contributed by atoms with Gasteiger partial charge in [0.15, 0.2) is 0 Å². The number of rotatable bonds is 3. The van der Waals surface area contributed by atoms with Crippen LogP contribution in [0.3, 0.4) is 0 Å². The third-order valence-electron chi connectivity index (χ3n) is 7.47. The van der Waals surface area contributed by atoms with Gasteiger partial charge in [-0.05, 0) is 43.4 Å². The number of para-hydroxylation sites is 1. The van der Waals surface area contributed by atoms with Crippen LogP contribution in [0.5, 0.6) is 0 Å². The zero-order chi connectivity index (χ0) is 22.4. The fourth-order valence-corrected chi connectivity index (χ4v) is 6.25. The van der Waals surface area contributed by atoms with Crippen molar-refractivity contribution in [3.05, 3.63) is 59.2 Å². The third kappa shape index (κ3) is 2.42. The molecular weight excluding hydrogens is 412 g/mol. The summed E-state index contributed by atoms with van der Waals surface area (Å²) in [7, 11) is 4.17. The molecule has 6 heteroatoms. The Kier molecular flexibility index (Phi) is 3.82. The Hall–Kier alpha value is -3.35. The third-order valence-corrected chi connectivity index (χ3v) is 7.47. The molecule has 2 aromatic heterocycles. The van der Waals surface area contributed by atoms with Crippen LogP contribution in [0.1, 0.15) is 21.5 Å². The van der Waals surface area contributed by atoms with E-state index in [0.717, 1.165) is 52.6 Å². The van der Waals surface area contributed by atoms with E-state index in [1.165, 1.54) is 27.4 Å². The second-order valence-electron chi connectivity index (χ2n) is 9.86. The Balaban J connectivity index is 1.76. The molecule has 1 unspecified atom stereocenters. The Morgan fingerprint density at radius 3 is 2.48 bits per heavy atom. The molecule has 166 valence electrons. The Morgan fingerprint density at radius 2 is 1.73 bits per heavy atom. The molecule has 6 nitrogen and oxygen atoms in total. The number of amides is 1. The number of carbonyl (C=O) groups is 1. The van der Waals surface area contributed by atoms with Crippen molar-refractivity contribution in [1.82, 2.24) is 19.4 Å². The zero-order valence-electron chi connectivity index (χ0n) is 18.9. The Bertz CT molecular complexity index is 1640. The van der Waals surface area contributed by atoms with E-state index >= 15 is 0 Å². The summed E-state index contributed by atoms with van der Waals surface area (Å²) in [4.78, 5) is 15.4. The van der Waals surface area contributed by atoms with Gasteiger partial charge in [-0.1, -0.05) is 24.3 Å². The Morgan fingerprint density at radius 1 is 1.00 bits per heavy atom. The molecule has 4 heterocycles. The SMILES string of the molecule is CN(C)Cc1ccc2c(c1)c1c3c(c4c5ccccc5n5c4c1n2CC(CO)C5)C(=O)NC3. The highest BCUT2D eigenvalue weighted by Crippen LogP contribution is 2.46. The summed E-state index contributed by atoms with van der Waals surface area (Å²) in [5, 5.41) is 18.0. The molecule has 0 saturated heterocycles. The largest absolute Gasteiger partial charge is 0.396 e. The number of nitrogens with zero attached hydrogens (tertiary/aromatic N) is 3. The second-order valence-corrected chi connectivity index (χ2v) is 9.86. The summed E-state index contributed by atoms with van der Waals surface area (Å²) >= 11 is 0. The highest BCUT2D eigenvalue weighted by molar-refractivity contribution is 6.30. The summed E-state index contributed by atoms with van der Waals surface area (Å²) in [5.74, 6) is 0.114. The minimum absolute atomic E-state index is 0.0168. The van der Waals surface area contributed by atoms with Crippen molar-refractivity contribution in [3.8, 4) is 0 Å². The minimum atomic E-state index is 0.0168. The molecule has 0 aliphatic carbocycles. The van der Waals surface area contributed by atoms with E-state index in [9.17, 15) is 9.90 Å². The number of carbonyl (C=O) groups excluding carboxylic acids is 1. The maximum atomic E-state index is 13.2. The highest BCUT2D eigenvalue weighted by atomic mass is 16.3. The lowest BCUT2D eigenvalue weighted by Crippen LogP contribution is -2.18. The zero-order valence-corrected chi connectivity index (χ0v) is 18.9. The first-order valence-electron chi connectivity index (χ1n) is 11.6. The van der Waals surface area contributed by atoms with Crippen LogP contribution in [0.25, 0.3) is 43.6 Å². The predicted octanol–water partition coefficient (Wildman–Crippen LogP) is 3.83. The number of aliphatic hydroxyl groups is 1. The van der Waals surface area contributed by atoms with Gasteiger partial charge in [0, 0.05) is 71.3 Å². The predicted molar refractivity (Wildman–Crippen MR) is 132 cm³/mol. The number of aromatic nitrogens is 2. The van der Waals surface area contributed by atoms with Crippen LogP contribution < -0.4 is 5.32 Å². The van der Waals surface area contributed by atoms with Crippen LogP contribution in [0.2, 0.25) is 0 Å². The van der Waals surface area contributed by atoms with Crippen molar-refractivity contribution in [3.63, 3.8) is 0 Å². The van der Waals surface area contributed by atoms with E-state index in [1.54, 1.807) is 0 Å². The molecule has 33 heavy (non-hydrogen) atoms. The van der Waals surface area contributed by atoms with Gasteiger partial charge < -0.3 is 24.5 Å². The Labute approximate surface area is 191 Å². The number of hydrogen-bond donors (Lipinski definition) is 2. The lowest BCUT2D eigenvalue weighted by Gasteiger charge is -2.15. The lowest BCUT2D eigenvalue weighted by molar-refractivity contribution is 0.0967. The topological polar surface area (TPSA) is 62.4 Å². The van der Waals surface area contributed by atoms with Gasteiger partial charge >= 0.3 is 0 Å². The highest BCUT2D eigenvalue weighted by Gasteiger charge is 2.34. The molecule has 2 aliphatic rings. The molecule has 0 radical (unpaired) electrons. The average molecular weight is 439 g/mol. The first-order chi connectivity index (χ1) is 16.1. The molecule has 2 N–H and O–H groups in total. The van der Waals surface area contributed by atoms with Gasteiger partial charge in [0.05, 0.1) is 16.6 Å². The molecule has 7 rings (SSSR count). The number of fused-ring (bicyclic) bond motifs is 9. The van der Waals surface area contributed by atoms with Gasteiger partial charge in [0.1, 0.15) is 0 Å². The number of nitrogens with one attached hydrogen (secondary N) is 1. The van der Waals surface area contributed by atoms with Gasteiger partial charge in [-0.2, -0.15) is 0 Å². The lowest BCUT2D eigenvalue weighted by atomic mass is 9.96. The van der Waals surface area contributed by atoms with E-state index in [0.29, 0.717) is 6.54 Å². The molecule has 1 atom stereocenters. The second kappa shape index (κ2) is 6.59. The normalized spacial score (nSPS) is 17.7. The summed E-state index contributed by atoms with van der Waals surface area (Å²) in [6.45, 7) is 3.04. The minimum Gasteiger partial charge on any atom is -0.396 e. The standard InChI is InChI=1S/C27H26N4O2/c1-29(2)11-15-7-8-21-18(9-15)22-19-10-28-27(33)24(19)23-17-5-3-4-6-20(17)30-12-16(14-32)13-31(21)25(22)26(23)30/h3-9,16,32H,10-14H2,1-2H3,(H,28,33). The summed E-state index contributed by atoms with van der Waals surface area (Å²) in [5.41, 5.74) is 7.83. The van der Waals surface area contributed by atoms with Crippen molar-refractivity contribution in [2.24, 2.45) is 5.92 Å². The van der Waals surface area contributed by atoms with Gasteiger partial charge in [-0.25, -0.2) is 0 Å². The van der Waals surface area contributed by atoms with Crippen LogP contribution in [0, 0.1) is 5.92 Å². The quantitative estimate of drug-likeness (QED) is 0.450. The summed E-state index contributed by atoms with van der Waals surface area (Å²) in [6, 6.07) is 15.1. The van der Waals surface area contributed by atoms with E-state index in [1.807, 2.05) is 6.07 Å². The molecule has 2 aliphatic heterocycles. The van der Waals surface area contributed by atoms with Crippen LogP contribution in [-0.4, -0.2) is 45.8 Å². The monoisotopic (exact) mass is 438 g/mol. The van der Waals surface area contributed by atoms with E-state index in [-0.39, 0.29) is 18.4 Å². The van der Waals surface area contributed by atoms with E-state index in [2.05, 4.69) is 69.8 Å². The smallest absolute Gasteiger partial charge is 0.252 e. The number of benzene rings is 3. The molecule has 0 bridgehead atoms. The number of aliphatic hydroxyl groups excluding tert-OH is 1. The number of hydrogen-bond acceptors (Lipinski definition) is 3. The van der Waals surface area contributed by atoms with E-state index in [4.69, 9.17) is 0 Å². The average Bonchev–Trinajstić information content (AvgIpc) is 3.39. The first-order valence-corrected chi connectivity index (χ1v) is 11.6. The molecule has 5 aromatic rings. The van der Waals surface area contributed by atoms with Gasteiger partial charge in [0.25, 0.3) is 5.91 Å². The van der Waals surface area contributed by atoms with Crippen LogP contribution >= 0.6 is 0 Å². The summed E-state index contributed by atoms with van der Waals surface area (Å²) in [6.07, 6.45) is 0. The molecule has 3 aromatic carbocycles. The van der Waals surface area contributed by atoms with Gasteiger partial charge in [-0.3, -0.25) is 4.79 Å². The van der Waals surface area contributed by atoms with Gasteiger partial charge in [0.2, 0.25) is 0 Å². The van der Waals surface area contributed by atoms with Crippen LogP contribution in [0.4, 0.5) is 0 Å². The molecular formula is C27H26N4O2. The molecule has 0 saturated carbocycles. The molecule has 0 fully saturated rings. The fourth-order valence-electron chi connectivity index (χ4n) is 6.25. The van der Waals surface area contributed by atoms with Crippen molar-refractivity contribution >= 4 is 49.5 Å². The van der Waals surface area contributed by atoms with Crippen molar-refractivity contribution in [2.45, 2.75) is 26.2 Å². The maximum Gasteiger partial charge on any atom is 0.252 e. The maximum absolute atomic E-state index is 13.2.